The van der Waals surface area contributed by atoms with E-state index in [1.54, 1.807) is 0 Å². The molecule has 0 saturated heterocycles. The van der Waals surface area contributed by atoms with Gasteiger partial charge in [0.05, 0.1) is 11.0 Å². The molecule has 0 saturated carbocycles. The van der Waals surface area contributed by atoms with Crippen LogP contribution in [0.3, 0.4) is 0 Å². The molecule has 1 aliphatic carbocycles. The summed E-state index contributed by atoms with van der Waals surface area (Å²) in [5.41, 5.74) is 16.7. The van der Waals surface area contributed by atoms with Crippen molar-refractivity contribution in [2.75, 3.05) is 0 Å². The van der Waals surface area contributed by atoms with E-state index in [-0.39, 0.29) is 5.41 Å². The number of rotatable bonds is 6. The van der Waals surface area contributed by atoms with E-state index in [9.17, 15) is 0 Å². The van der Waals surface area contributed by atoms with Crippen LogP contribution in [0.25, 0.3) is 116 Å². The fourth-order valence-electron chi connectivity index (χ4n) is 10.9. The SMILES string of the molecule is CC1(C)c2cccc3ccc4cc(-c5ccc6c(-c7ccccc7)c7cc(-c8ccc(-c9nc%10ccccc%10n9-c9ccccc9)cc8)ccc7c(-c7ccccc7)c6c5)cc1c4c23. The molecule has 2 heteroatoms. The average Bonchev–Trinajstić information content (AvgIpc) is 3.86. The third-order valence-corrected chi connectivity index (χ3v) is 13.9. The van der Waals surface area contributed by atoms with E-state index in [0.29, 0.717) is 0 Å². The van der Waals surface area contributed by atoms with E-state index in [1.807, 2.05) is 0 Å². The molecule has 1 aromatic heterocycles. The molecule has 0 bridgehead atoms. The van der Waals surface area contributed by atoms with Crippen molar-refractivity contribution < 1.29 is 0 Å². The molecule has 0 spiro atoms. The van der Waals surface area contributed by atoms with Crippen LogP contribution in [0.1, 0.15) is 25.0 Å². The zero-order valence-corrected chi connectivity index (χ0v) is 35.7. The van der Waals surface area contributed by atoms with Gasteiger partial charge in [-0.1, -0.05) is 184 Å². The van der Waals surface area contributed by atoms with Crippen molar-refractivity contribution in [3.63, 3.8) is 0 Å². The maximum atomic E-state index is 5.14. The number of benzene rings is 11. The number of nitrogens with zero attached hydrogens (tertiary/aromatic N) is 2. The molecule has 300 valence electrons. The fourth-order valence-corrected chi connectivity index (χ4v) is 10.9. The van der Waals surface area contributed by atoms with Gasteiger partial charge < -0.3 is 0 Å². The highest BCUT2D eigenvalue weighted by Crippen LogP contribution is 2.51. The van der Waals surface area contributed by atoms with Gasteiger partial charge in [-0.15, -0.1) is 0 Å². The minimum Gasteiger partial charge on any atom is -0.292 e. The number of para-hydroxylation sites is 3. The Bertz CT molecular complexity index is 3820. The Morgan fingerprint density at radius 3 is 1.58 bits per heavy atom. The molecule has 0 fully saturated rings. The Hall–Kier alpha value is -8.07. The number of hydrogen-bond donors (Lipinski definition) is 0. The van der Waals surface area contributed by atoms with Crippen LogP contribution in [0.4, 0.5) is 0 Å². The quantitative estimate of drug-likeness (QED) is 0.121. The molecule has 0 aliphatic heterocycles. The summed E-state index contributed by atoms with van der Waals surface area (Å²) in [7, 11) is 0. The summed E-state index contributed by atoms with van der Waals surface area (Å²) in [5.74, 6) is 0.931. The molecule has 0 unspecified atom stereocenters. The fraction of sp³-hybridized carbons (Fsp3) is 0.0484. The zero-order chi connectivity index (χ0) is 42.5. The standard InChI is InChI=1S/C62H42N2/c1-62(2)53-22-14-19-42-27-30-46-35-47(38-54(62)60(46)59(42)53)45-32-34-50-52(37-45)58(41-17-8-4-9-18-41)49-33-31-44(36-51(49)57(50)40-15-6-3-7-16-40)39-25-28-43(29-26-39)61-63-55-23-12-13-24-56(55)64(61)48-20-10-5-11-21-48/h3-38H,1-2H3. The summed E-state index contributed by atoms with van der Waals surface area (Å²) >= 11 is 0. The Balaban J connectivity index is 1.00. The third kappa shape index (κ3) is 5.49. The van der Waals surface area contributed by atoms with Gasteiger partial charge in [-0.3, -0.25) is 4.57 Å². The Morgan fingerprint density at radius 2 is 0.906 bits per heavy atom. The minimum atomic E-state index is -0.0861. The highest BCUT2D eigenvalue weighted by atomic mass is 15.1. The van der Waals surface area contributed by atoms with Crippen molar-refractivity contribution in [1.29, 1.82) is 0 Å². The lowest BCUT2D eigenvalue weighted by Gasteiger charge is -2.23. The highest BCUT2D eigenvalue weighted by Gasteiger charge is 2.34. The van der Waals surface area contributed by atoms with Crippen LogP contribution in [-0.4, -0.2) is 9.55 Å². The first-order chi connectivity index (χ1) is 31.5. The first kappa shape index (κ1) is 36.6. The normalized spacial score (nSPS) is 13.0. The van der Waals surface area contributed by atoms with E-state index in [2.05, 4.69) is 237 Å². The van der Waals surface area contributed by atoms with Crippen LogP contribution >= 0.6 is 0 Å². The average molecular weight is 815 g/mol. The molecular formula is C62H42N2. The molecule has 0 atom stereocenters. The van der Waals surface area contributed by atoms with Gasteiger partial charge in [-0.25, -0.2) is 4.98 Å². The lowest BCUT2D eigenvalue weighted by molar-refractivity contribution is 0.663. The van der Waals surface area contributed by atoms with Crippen molar-refractivity contribution >= 4 is 54.1 Å². The van der Waals surface area contributed by atoms with Crippen molar-refractivity contribution in [1.82, 2.24) is 9.55 Å². The Morgan fingerprint density at radius 1 is 0.359 bits per heavy atom. The second kappa shape index (κ2) is 14.0. The van der Waals surface area contributed by atoms with Gasteiger partial charge >= 0.3 is 0 Å². The molecule has 12 aromatic rings. The Kier molecular flexibility index (Phi) is 7.98. The lowest BCUT2D eigenvalue weighted by atomic mass is 9.80. The zero-order valence-electron chi connectivity index (χ0n) is 35.7. The van der Waals surface area contributed by atoms with Gasteiger partial charge in [0.2, 0.25) is 0 Å². The van der Waals surface area contributed by atoms with Crippen molar-refractivity contribution in [2.24, 2.45) is 0 Å². The summed E-state index contributed by atoms with van der Waals surface area (Å²) in [6, 6.07) is 80.3. The second-order valence-corrected chi connectivity index (χ2v) is 17.9. The lowest BCUT2D eigenvalue weighted by Crippen LogP contribution is -2.15. The number of fused-ring (bicyclic) bond motifs is 3. The maximum absolute atomic E-state index is 5.14. The van der Waals surface area contributed by atoms with E-state index in [4.69, 9.17) is 4.98 Å². The smallest absolute Gasteiger partial charge is 0.145 e. The van der Waals surface area contributed by atoms with Crippen LogP contribution in [0.5, 0.6) is 0 Å². The molecule has 0 amide bonds. The topological polar surface area (TPSA) is 17.8 Å². The first-order valence-electron chi connectivity index (χ1n) is 22.3. The summed E-state index contributed by atoms with van der Waals surface area (Å²) in [5, 5.41) is 10.4. The number of aromatic nitrogens is 2. The number of hydrogen-bond acceptors (Lipinski definition) is 1. The Labute approximate surface area is 372 Å². The monoisotopic (exact) mass is 814 g/mol. The number of imidazole rings is 1. The predicted molar refractivity (Wildman–Crippen MR) is 270 cm³/mol. The second-order valence-electron chi connectivity index (χ2n) is 17.9. The van der Waals surface area contributed by atoms with Crippen LogP contribution in [0.2, 0.25) is 0 Å². The van der Waals surface area contributed by atoms with Crippen molar-refractivity contribution in [3.8, 4) is 61.6 Å². The molecule has 1 aliphatic rings. The molecule has 0 radical (unpaired) electrons. The van der Waals surface area contributed by atoms with Crippen LogP contribution in [0.15, 0.2) is 218 Å². The van der Waals surface area contributed by atoms with Crippen molar-refractivity contribution in [2.45, 2.75) is 19.3 Å². The van der Waals surface area contributed by atoms with Gasteiger partial charge in [0, 0.05) is 16.7 Å². The van der Waals surface area contributed by atoms with E-state index < -0.39 is 0 Å². The van der Waals surface area contributed by atoms with E-state index in [1.165, 1.54) is 93.2 Å². The molecule has 0 N–H and O–H groups in total. The summed E-state index contributed by atoms with van der Waals surface area (Å²) in [6.07, 6.45) is 0. The van der Waals surface area contributed by atoms with Crippen LogP contribution in [0, 0.1) is 0 Å². The van der Waals surface area contributed by atoms with Gasteiger partial charge in [0.1, 0.15) is 5.82 Å². The van der Waals surface area contributed by atoms with Gasteiger partial charge in [0.25, 0.3) is 0 Å². The molecule has 1 heterocycles. The maximum Gasteiger partial charge on any atom is 0.145 e. The largest absolute Gasteiger partial charge is 0.292 e. The molecule has 11 aromatic carbocycles. The summed E-state index contributed by atoms with van der Waals surface area (Å²) < 4.78 is 2.26. The third-order valence-electron chi connectivity index (χ3n) is 13.9. The summed E-state index contributed by atoms with van der Waals surface area (Å²) in [6.45, 7) is 4.77. The predicted octanol–water partition coefficient (Wildman–Crippen LogP) is 16.6. The van der Waals surface area contributed by atoms with Crippen molar-refractivity contribution in [3.05, 3.63) is 230 Å². The highest BCUT2D eigenvalue weighted by molar-refractivity contribution is 6.23. The van der Waals surface area contributed by atoms with E-state index in [0.717, 1.165) is 33.7 Å². The van der Waals surface area contributed by atoms with Gasteiger partial charge in [-0.05, 0) is 147 Å². The van der Waals surface area contributed by atoms with E-state index >= 15 is 0 Å². The minimum absolute atomic E-state index is 0.0861. The van der Waals surface area contributed by atoms with Gasteiger partial charge in [-0.2, -0.15) is 0 Å². The molecular weight excluding hydrogens is 773 g/mol. The molecule has 64 heavy (non-hydrogen) atoms. The first-order valence-corrected chi connectivity index (χ1v) is 22.3. The summed E-state index contributed by atoms with van der Waals surface area (Å²) in [4.78, 5) is 5.14. The van der Waals surface area contributed by atoms with Crippen LogP contribution < -0.4 is 0 Å². The molecule has 13 rings (SSSR count). The van der Waals surface area contributed by atoms with Gasteiger partial charge in [0.15, 0.2) is 0 Å². The van der Waals surface area contributed by atoms with Crippen LogP contribution in [-0.2, 0) is 5.41 Å². The molecule has 2 nitrogen and oxygen atoms in total.